The van der Waals surface area contributed by atoms with Crippen molar-refractivity contribution in [3.05, 3.63) is 53.2 Å². The number of hydrogen-bond donors (Lipinski definition) is 1. The van der Waals surface area contributed by atoms with Crippen molar-refractivity contribution in [3.8, 4) is 0 Å². The largest absolute Gasteiger partial charge is 0.452 e. The molecule has 0 saturated carbocycles. The fourth-order valence-electron chi connectivity index (χ4n) is 2.29. The number of rotatable bonds is 4. The summed E-state index contributed by atoms with van der Waals surface area (Å²) in [5, 5.41) is 2.75. The Hall–Kier alpha value is -2.05. The van der Waals surface area contributed by atoms with Crippen LogP contribution in [0.1, 0.15) is 12.5 Å². The van der Waals surface area contributed by atoms with E-state index in [9.17, 15) is 9.59 Å². The Balaban J connectivity index is 1.54. The highest BCUT2D eigenvalue weighted by Crippen LogP contribution is 2.37. The van der Waals surface area contributed by atoms with Gasteiger partial charge < -0.3 is 10.1 Å². The lowest BCUT2D eigenvalue weighted by atomic mass is 10.1. The molecule has 1 aromatic carbocycles. The van der Waals surface area contributed by atoms with Crippen molar-refractivity contribution in [1.82, 2.24) is 4.98 Å². The Morgan fingerprint density at radius 3 is 2.83 bits per heavy atom. The number of nitrogens with one attached hydrogen (secondary N) is 1. The molecule has 0 unspecified atom stereocenters. The number of thioether (sulfide) groups is 1. The van der Waals surface area contributed by atoms with Crippen molar-refractivity contribution in [2.45, 2.75) is 29.6 Å². The number of anilines is 1. The van der Waals surface area contributed by atoms with Crippen LogP contribution in [0, 0.1) is 0 Å². The van der Waals surface area contributed by atoms with Gasteiger partial charge in [0.25, 0.3) is 5.91 Å². The first-order chi connectivity index (χ1) is 11.5. The summed E-state index contributed by atoms with van der Waals surface area (Å²) in [5.74, 6) is -0.462. The third-order valence-corrected chi connectivity index (χ3v) is 5.07. The van der Waals surface area contributed by atoms with E-state index < -0.39 is 12.0 Å². The predicted octanol–water partition coefficient (Wildman–Crippen LogP) is 3.32. The molecule has 0 bridgehead atoms. The van der Waals surface area contributed by atoms with Gasteiger partial charge in [-0.15, -0.1) is 11.8 Å². The molecule has 1 aliphatic heterocycles. The number of halogens is 1. The second kappa shape index (κ2) is 7.23. The molecule has 124 valence electrons. The number of pyridine rings is 1. The molecule has 0 aliphatic carbocycles. The molecule has 7 heteroatoms. The topological polar surface area (TPSA) is 68.3 Å². The Labute approximate surface area is 148 Å². The summed E-state index contributed by atoms with van der Waals surface area (Å²) < 4.78 is 5.30. The molecule has 24 heavy (non-hydrogen) atoms. The Kier molecular flexibility index (Phi) is 5.06. The van der Waals surface area contributed by atoms with Crippen LogP contribution in [0.25, 0.3) is 0 Å². The standard InChI is InChI=1S/C17H15ClN2O3S/c1-10(16(21)20-15-7-6-12(18)9-19-15)23-17(22)14-8-11-4-2-3-5-13(11)24-14/h2-7,9-10,14H,8H2,1H3,(H,19,20,21)/t10-,14+/m1/s1. The number of amides is 1. The molecular formula is C17H15ClN2O3S. The minimum absolute atomic E-state index is 0.314. The molecule has 2 aromatic rings. The number of carbonyl (C=O) groups is 2. The number of ether oxygens (including phenoxy) is 1. The zero-order valence-corrected chi connectivity index (χ0v) is 14.4. The van der Waals surface area contributed by atoms with Gasteiger partial charge in [-0.05, 0) is 37.1 Å². The SMILES string of the molecule is C[C@@H](OC(=O)[C@@H]1Cc2ccccc2S1)C(=O)Nc1ccc(Cl)cn1. The molecule has 2 heterocycles. The van der Waals surface area contributed by atoms with E-state index in [0.717, 1.165) is 10.5 Å². The van der Waals surface area contributed by atoms with Gasteiger partial charge in [-0.2, -0.15) is 0 Å². The van der Waals surface area contributed by atoms with E-state index in [1.54, 1.807) is 12.1 Å². The molecule has 0 saturated heterocycles. The number of benzene rings is 1. The van der Waals surface area contributed by atoms with E-state index in [0.29, 0.717) is 17.3 Å². The summed E-state index contributed by atoms with van der Waals surface area (Å²) in [5.41, 5.74) is 1.13. The molecule has 5 nitrogen and oxygen atoms in total. The summed E-state index contributed by atoms with van der Waals surface area (Å²) in [6, 6.07) is 11.1. The molecule has 1 N–H and O–H groups in total. The first-order valence-electron chi connectivity index (χ1n) is 7.40. The normalized spacial score (nSPS) is 17.0. The third-order valence-electron chi connectivity index (χ3n) is 3.55. The van der Waals surface area contributed by atoms with Crippen LogP contribution >= 0.6 is 23.4 Å². The maximum Gasteiger partial charge on any atom is 0.320 e. The van der Waals surface area contributed by atoms with Crippen LogP contribution in [0.3, 0.4) is 0 Å². The smallest absolute Gasteiger partial charge is 0.320 e. The zero-order chi connectivity index (χ0) is 17.1. The average molecular weight is 363 g/mol. The number of fused-ring (bicyclic) bond motifs is 1. The predicted molar refractivity (Wildman–Crippen MR) is 93.2 cm³/mol. The first-order valence-corrected chi connectivity index (χ1v) is 8.66. The van der Waals surface area contributed by atoms with Gasteiger partial charge in [-0.3, -0.25) is 9.59 Å². The van der Waals surface area contributed by atoms with E-state index in [1.807, 2.05) is 24.3 Å². The molecule has 3 rings (SSSR count). The Morgan fingerprint density at radius 1 is 1.33 bits per heavy atom. The van der Waals surface area contributed by atoms with Crippen molar-refractivity contribution in [3.63, 3.8) is 0 Å². The van der Waals surface area contributed by atoms with Gasteiger partial charge in [0.05, 0.1) is 5.02 Å². The average Bonchev–Trinajstić information content (AvgIpc) is 3.01. The van der Waals surface area contributed by atoms with Crippen LogP contribution in [0.2, 0.25) is 5.02 Å². The third kappa shape index (κ3) is 3.88. The highest BCUT2D eigenvalue weighted by molar-refractivity contribution is 8.01. The summed E-state index contributed by atoms with van der Waals surface area (Å²) in [4.78, 5) is 29.4. The van der Waals surface area contributed by atoms with Crippen molar-refractivity contribution < 1.29 is 14.3 Å². The van der Waals surface area contributed by atoms with E-state index in [4.69, 9.17) is 16.3 Å². The maximum atomic E-state index is 12.3. The Bertz CT molecular complexity index is 742. The van der Waals surface area contributed by atoms with E-state index in [1.165, 1.54) is 24.9 Å². The molecule has 0 fully saturated rings. The van der Waals surface area contributed by atoms with Gasteiger partial charge in [0.1, 0.15) is 11.1 Å². The van der Waals surface area contributed by atoms with Crippen LogP contribution in [-0.2, 0) is 20.7 Å². The number of carbonyl (C=O) groups excluding carboxylic acids is 2. The molecule has 2 atom stereocenters. The summed E-state index contributed by atoms with van der Waals surface area (Å²) in [7, 11) is 0. The lowest BCUT2D eigenvalue weighted by molar-refractivity contribution is -0.152. The van der Waals surface area contributed by atoms with Crippen molar-refractivity contribution >= 4 is 41.1 Å². The molecule has 1 aromatic heterocycles. The van der Waals surface area contributed by atoms with Gasteiger partial charge in [0, 0.05) is 11.1 Å². The molecule has 1 aliphatic rings. The lowest BCUT2D eigenvalue weighted by Crippen LogP contribution is -2.33. The lowest BCUT2D eigenvalue weighted by Gasteiger charge is -2.15. The second-order valence-electron chi connectivity index (χ2n) is 5.35. The van der Waals surface area contributed by atoms with Crippen LogP contribution in [0.15, 0.2) is 47.5 Å². The summed E-state index contributed by atoms with van der Waals surface area (Å²) >= 11 is 7.21. The first kappa shape index (κ1) is 16.8. The highest BCUT2D eigenvalue weighted by atomic mass is 35.5. The number of nitrogens with zero attached hydrogens (tertiary/aromatic N) is 1. The van der Waals surface area contributed by atoms with Crippen LogP contribution < -0.4 is 5.32 Å². The number of aromatic nitrogens is 1. The molecule has 0 radical (unpaired) electrons. The van der Waals surface area contributed by atoms with Crippen LogP contribution in [-0.4, -0.2) is 28.2 Å². The summed E-state index contributed by atoms with van der Waals surface area (Å²) in [6.07, 6.45) is 1.15. The van der Waals surface area contributed by atoms with Crippen LogP contribution in [0.4, 0.5) is 5.82 Å². The van der Waals surface area contributed by atoms with Crippen LogP contribution in [0.5, 0.6) is 0 Å². The molecular weight excluding hydrogens is 348 g/mol. The second-order valence-corrected chi connectivity index (χ2v) is 7.03. The molecule has 0 spiro atoms. The van der Waals surface area contributed by atoms with Gasteiger partial charge in [0.15, 0.2) is 6.10 Å². The van der Waals surface area contributed by atoms with Gasteiger partial charge in [-0.25, -0.2) is 4.98 Å². The minimum Gasteiger partial charge on any atom is -0.452 e. The number of esters is 1. The molecule has 1 amide bonds. The van der Waals surface area contributed by atoms with E-state index in [2.05, 4.69) is 10.3 Å². The van der Waals surface area contributed by atoms with Crippen molar-refractivity contribution in [2.75, 3.05) is 5.32 Å². The van der Waals surface area contributed by atoms with Crippen molar-refractivity contribution in [1.29, 1.82) is 0 Å². The number of hydrogen-bond acceptors (Lipinski definition) is 5. The highest BCUT2D eigenvalue weighted by Gasteiger charge is 2.31. The van der Waals surface area contributed by atoms with Gasteiger partial charge in [0.2, 0.25) is 0 Å². The van der Waals surface area contributed by atoms with Gasteiger partial charge >= 0.3 is 5.97 Å². The summed E-state index contributed by atoms with van der Waals surface area (Å²) in [6.45, 7) is 1.54. The van der Waals surface area contributed by atoms with Crippen molar-refractivity contribution in [2.24, 2.45) is 0 Å². The fraction of sp³-hybridized carbons (Fsp3) is 0.235. The van der Waals surface area contributed by atoms with E-state index in [-0.39, 0.29) is 11.2 Å². The minimum atomic E-state index is -0.903. The fourth-order valence-corrected chi connectivity index (χ4v) is 3.59. The zero-order valence-electron chi connectivity index (χ0n) is 12.9. The van der Waals surface area contributed by atoms with E-state index >= 15 is 0 Å². The Morgan fingerprint density at radius 2 is 2.12 bits per heavy atom. The monoisotopic (exact) mass is 362 g/mol. The van der Waals surface area contributed by atoms with Gasteiger partial charge in [-0.1, -0.05) is 29.8 Å². The maximum absolute atomic E-state index is 12.3. The quantitative estimate of drug-likeness (QED) is 0.845.